The molecule has 0 saturated carbocycles. The largest absolute Gasteiger partial charge is 0.381 e. The monoisotopic (exact) mass is 399 g/mol. The molecule has 0 aliphatic carbocycles. The summed E-state index contributed by atoms with van der Waals surface area (Å²) in [5.41, 5.74) is 1.32. The van der Waals surface area contributed by atoms with Gasteiger partial charge in [-0.25, -0.2) is 4.39 Å². The minimum atomic E-state index is -0.197. The van der Waals surface area contributed by atoms with Gasteiger partial charge in [0.2, 0.25) is 0 Å². The van der Waals surface area contributed by atoms with Crippen molar-refractivity contribution in [3.8, 4) is 0 Å². The van der Waals surface area contributed by atoms with Crippen LogP contribution in [-0.2, 0) is 11.3 Å². The number of carbonyl (C=O) groups excluding carboxylic acids is 1. The highest BCUT2D eigenvalue weighted by Crippen LogP contribution is 2.15. The molecule has 0 unspecified atom stereocenters. The van der Waals surface area contributed by atoms with E-state index in [2.05, 4.69) is 25.3 Å². The van der Waals surface area contributed by atoms with Crippen LogP contribution < -0.4 is 10.2 Å². The molecule has 2 aliphatic heterocycles. The zero-order valence-electron chi connectivity index (χ0n) is 16.4. The van der Waals surface area contributed by atoms with Crippen molar-refractivity contribution < 1.29 is 13.9 Å². The maximum atomic E-state index is 13.3. The first-order valence-electron chi connectivity index (χ1n) is 10.1. The predicted molar refractivity (Wildman–Crippen MR) is 107 cm³/mol. The van der Waals surface area contributed by atoms with E-state index in [1.807, 2.05) is 12.1 Å². The second-order valence-electron chi connectivity index (χ2n) is 7.53. The van der Waals surface area contributed by atoms with E-state index in [0.29, 0.717) is 18.9 Å². The fourth-order valence-electron chi connectivity index (χ4n) is 3.74. The number of nitrogens with one attached hydrogen (secondary N) is 1. The minimum Gasteiger partial charge on any atom is -0.381 e. The fraction of sp³-hybridized carbons (Fsp3) is 0.476. The number of hydrogen-bond acceptors (Lipinski definition) is 6. The third kappa shape index (κ3) is 5.27. The van der Waals surface area contributed by atoms with Crippen molar-refractivity contribution in [1.82, 2.24) is 20.4 Å². The highest BCUT2D eigenvalue weighted by molar-refractivity contribution is 5.92. The smallest absolute Gasteiger partial charge is 0.272 e. The van der Waals surface area contributed by atoms with Crippen molar-refractivity contribution in [3.05, 3.63) is 53.5 Å². The number of nitrogens with zero attached hydrogens (tertiary/aromatic N) is 4. The van der Waals surface area contributed by atoms with E-state index in [0.717, 1.165) is 56.9 Å². The zero-order valence-corrected chi connectivity index (χ0v) is 16.4. The van der Waals surface area contributed by atoms with Gasteiger partial charge in [-0.05, 0) is 42.7 Å². The third-order valence-corrected chi connectivity index (χ3v) is 5.43. The van der Waals surface area contributed by atoms with E-state index in [4.69, 9.17) is 4.74 Å². The summed E-state index contributed by atoms with van der Waals surface area (Å²) < 4.78 is 18.7. The molecule has 0 radical (unpaired) electrons. The van der Waals surface area contributed by atoms with Crippen LogP contribution in [0.4, 0.5) is 10.2 Å². The minimum absolute atomic E-state index is 0.142. The van der Waals surface area contributed by atoms with Gasteiger partial charge in [-0.2, -0.15) is 0 Å². The van der Waals surface area contributed by atoms with Crippen molar-refractivity contribution in [2.45, 2.75) is 25.4 Å². The number of hydrogen-bond donors (Lipinski definition) is 1. The highest BCUT2D eigenvalue weighted by atomic mass is 19.1. The molecule has 8 heteroatoms. The number of anilines is 1. The van der Waals surface area contributed by atoms with Gasteiger partial charge in [-0.1, -0.05) is 12.1 Å². The summed E-state index contributed by atoms with van der Waals surface area (Å²) in [6, 6.07) is 10.5. The summed E-state index contributed by atoms with van der Waals surface area (Å²) in [6.45, 7) is 5.47. The van der Waals surface area contributed by atoms with Crippen LogP contribution in [0.3, 0.4) is 0 Å². The maximum Gasteiger partial charge on any atom is 0.272 e. The Hall–Kier alpha value is -2.58. The number of halogens is 1. The van der Waals surface area contributed by atoms with Gasteiger partial charge in [0.25, 0.3) is 5.91 Å². The van der Waals surface area contributed by atoms with Gasteiger partial charge in [0.1, 0.15) is 5.82 Å². The van der Waals surface area contributed by atoms with Crippen LogP contribution in [0.15, 0.2) is 36.4 Å². The summed E-state index contributed by atoms with van der Waals surface area (Å²) >= 11 is 0. The number of amides is 1. The predicted octanol–water partition coefficient (Wildman–Crippen LogP) is 1.85. The van der Waals surface area contributed by atoms with Crippen molar-refractivity contribution in [3.63, 3.8) is 0 Å². The van der Waals surface area contributed by atoms with E-state index in [1.54, 1.807) is 18.2 Å². The first-order chi connectivity index (χ1) is 14.2. The Bertz CT molecular complexity index is 818. The molecule has 0 spiro atoms. The lowest BCUT2D eigenvalue weighted by molar-refractivity contribution is 0.0693. The van der Waals surface area contributed by atoms with Gasteiger partial charge >= 0.3 is 0 Å². The van der Waals surface area contributed by atoms with Crippen LogP contribution in [0.1, 0.15) is 28.9 Å². The van der Waals surface area contributed by atoms with Crippen molar-refractivity contribution in [1.29, 1.82) is 0 Å². The SMILES string of the molecule is O=C(NC1CCOCC1)c1ccc(N2CCN(Cc3cccc(F)c3)CC2)nn1. The second-order valence-corrected chi connectivity index (χ2v) is 7.53. The second kappa shape index (κ2) is 9.28. The molecule has 7 nitrogen and oxygen atoms in total. The van der Waals surface area contributed by atoms with Gasteiger partial charge < -0.3 is 15.0 Å². The average molecular weight is 399 g/mol. The van der Waals surface area contributed by atoms with E-state index < -0.39 is 0 Å². The summed E-state index contributed by atoms with van der Waals surface area (Å²) in [6.07, 6.45) is 1.66. The summed E-state index contributed by atoms with van der Waals surface area (Å²) in [7, 11) is 0. The average Bonchev–Trinajstić information content (AvgIpc) is 2.75. The standard InChI is InChI=1S/C21H26FN5O2/c22-17-3-1-2-16(14-17)15-26-8-10-27(11-9-26)20-5-4-19(24-25-20)21(28)23-18-6-12-29-13-7-18/h1-5,14,18H,6-13,15H2,(H,23,28). The Labute approximate surface area is 169 Å². The Kier molecular flexibility index (Phi) is 6.31. The van der Waals surface area contributed by atoms with Crippen LogP contribution in [0.5, 0.6) is 0 Å². The van der Waals surface area contributed by atoms with Gasteiger partial charge in [0.15, 0.2) is 11.5 Å². The Morgan fingerprint density at radius 3 is 2.59 bits per heavy atom. The van der Waals surface area contributed by atoms with E-state index in [-0.39, 0.29) is 17.8 Å². The Morgan fingerprint density at radius 1 is 1.10 bits per heavy atom. The van der Waals surface area contributed by atoms with Crippen molar-refractivity contribution >= 4 is 11.7 Å². The normalized spacial score (nSPS) is 18.6. The van der Waals surface area contributed by atoms with Crippen molar-refractivity contribution in [2.24, 2.45) is 0 Å². The molecule has 2 aliphatic rings. The molecule has 0 atom stereocenters. The first kappa shape index (κ1) is 19.7. The molecular formula is C21H26FN5O2. The van der Waals surface area contributed by atoms with Gasteiger partial charge in [-0.3, -0.25) is 9.69 Å². The van der Waals surface area contributed by atoms with Gasteiger partial charge in [0.05, 0.1) is 0 Å². The lowest BCUT2D eigenvalue weighted by Crippen LogP contribution is -2.46. The van der Waals surface area contributed by atoms with E-state index in [9.17, 15) is 9.18 Å². The lowest BCUT2D eigenvalue weighted by atomic mass is 10.1. The molecule has 1 aromatic carbocycles. The maximum absolute atomic E-state index is 13.3. The van der Waals surface area contributed by atoms with Crippen LogP contribution in [0.25, 0.3) is 0 Å². The van der Waals surface area contributed by atoms with Crippen LogP contribution in [0.2, 0.25) is 0 Å². The molecule has 2 saturated heterocycles. The molecule has 2 fully saturated rings. The molecule has 4 rings (SSSR count). The number of rotatable bonds is 5. The first-order valence-corrected chi connectivity index (χ1v) is 10.1. The molecule has 29 heavy (non-hydrogen) atoms. The molecule has 1 aromatic heterocycles. The fourth-order valence-corrected chi connectivity index (χ4v) is 3.74. The summed E-state index contributed by atoms with van der Waals surface area (Å²) in [4.78, 5) is 16.8. The number of carbonyl (C=O) groups is 1. The molecule has 3 heterocycles. The van der Waals surface area contributed by atoms with E-state index in [1.165, 1.54) is 6.07 Å². The molecule has 1 N–H and O–H groups in total. The van der Waals surface area contributed by atoms with Crippen molar-refractivity contribution in [2.75, 3.05) is 44.3 Å². The molecule has 1 amide bonds. The van der Waals surface area contributed by atoms with Gasteiger partial charge in [-0.15, -0.1) is 10.2 Å². The van der Waals surface area contributed by atoms with Crippen LogP contribution in [0, 0.1) is 5.82 Å². The zero-order chi connectivity index (χ0) is 20.1. The van der Waals surface area contributed by atoms with Crippen LogP contribution >= 0.6 is 0 Å². The third-order valence-electron chi connectivity index (χ3n) is 5.43. The Morgan fingerprint density at radius 2 is 1.90 bits per heavy atom. The number of ether oxygens (including phenoxy) is 1. The summed E-state index contributed by atoms with van der Waals surface area (Å²) in [5, 5.41) is 11.4. The van der Waals surface area contributed by atoms with Gasteiger partial charge in [0, 0.05) is 52.0 Å². The summed E-state index contributed by atoms with van der Waals surface area (Å²) in [5.74, 6) is 0.395. The number of piperazine rings is 1. The quantitative estimate of drug-likeness (QED) is 0.828. The Balaban J connectivity index is 1.28. The molecule has 154 valence electrons. The molecular weight excluding hydrogens is 373 g/mol. The van der Waals surface area contributed by atoms with E-state index >= 15 is 0 Å². The topological polar surface area (TPSA) is 70.6 Å². The molecule has 0 bridgehead atoms. The number of aromatic nitrogens is 2. The van der Waals surface area contributed by atoms with Crippen LogP contribution in [-0.4, -0.2) is 66.4 Å². The number of benzene rings is 1. The highest BCUT2D eigenvalue weighted by Gasteiger charge is 2.21. The lowest BCUT2D eigenvalue weighted by Gasteiger charge is -2.35. The molecule has 2 aromatic rings.